The van der Waals surface area contributed by atoms with Crippen molar-refractivity contribution in [2.75, 3.05) is 13.1 Å². The Labute approximate surface area is 148 Å². The molecule has 0 radical (unpaired) electrons. The van der Waals surface area contributed by atoms with Crippen LogP contribution in [0.2, 0.25) is 0 Å². The van der Waals surface area contributed by atoms with E-state index in [0.717, 1.165) is 38.0 Å². The molecular weight excluding hydrogens is 318 g/mol. The lowest BCUT2D eigenvalue weighted by Crippen LogP contribution is -2.51. The molecule has 1 N–H and O–H groups in total. The maximum Gasteiger partial charge on any atom is 0.257 e. The minimum Gasteiger partial charge on any atom is -0.361 e. The molecule has 1 aromatic heterocycles. The van der Waals surface area contributed by atoms with Crippen LogP contribution in [0.25, 0.3) is 0 Å². The van der Waals surface area contributed by atoms with Gasteiger partial charge < -0.3 is 14.7 Å². The van der Waals surface area contributed by atoms with Gasteiger partial charge in [-0.1, -0.05) is 24.6 Å². The molecule has 0 aromatic carbocycles. The third-order valence-corrected chi connectivity index (χ3v) is 5.37. The number of amides is 2. The van der Waals surface area contributed by atoms with Crippen molar-refractivity contribution in [2.45, 2.75) is 57.9 Å². The fourth-order valence-corrected chi connectivity index (χ4v) is 4.03. The molecule has 1 atom stereocenters. The Morgan fingerprint density at radius 3 is 2.72 bits per heavy atom. The Morgan fingerprint density at radius 2 is 2.08 bits per heavy atom. The molecule has 1 aliphatic carbocycles. The number of nitrogens with one attached hydrogen (secondary N) is 1. The van der Waals surface area contributed by atoms with Crippen LogP contribution in [0.3, 0.4) is 0 Å². The Morgan fingerprint density at radius 1 is 1.40 bits per heavy atom. The second kappa shape index (κ2) is 7.42. The highest BCUT2D eigenvalue weighted by Gasteiger charge is 2.32. The molecule has 1 aromatic rings. The number of rotatable bonds is 6. The van der Waals surface area contributed by atoms with Gasteiger partial charge in [0.2, 0.25) is 5.91 Å². The molecule has 2 fully saturated rings. The first-order valence-corrected chi connectivity index (χ1v) is 9.18. The van der Waals surface area contributed by atoms with Crippen LogP contribution < -0.4 is 5.32 Å². The van der Waals surface area contributed by atoms with Gasteiger partial charge in [-0.25, -0.2) is 0 Å². The largest absolute Gasteiger partial charge is 0.361 e. The Bertz CT molecular complexity index is 655. The van der Waals surface area contributed by atoms with Crippen LogP contribution >= 0.6 is 0 Å². The third-order valence-electron chi connectivity index (χ3n) is 5.37. The number of likely N-dealkylation sites (tertiary alicyclic amines) is 1. The van der Waals surface area contributed by atoms with Crippen molar-refractivity contribution in [3.8, 4) is 0 Å². The first-order valence-electron chi connectivity index (χ1n) is 9.18. The standard InChI is InChI=1S/C19H27N3O3/c1-4-16(23)22-10-14(11-22)9-12(2)20-19(24)17-13(3)25-21-18(17)15-7-5-6-8-15/h4,12,14-15H,1,5-11H2,2-3H3,(H,20,24). The molecule has 0 bridgehead atoms. The van der Waals surface area contributed by atoms with Crippen molar-refractivity contribution in [3.63, 3.8) is 0 Å². The zero-order valence-electron chi connectivity index (χ0n) is 15.1. The van der Waals surface area contributed by atoms with Crippen LogP contribution in [0.5, 0.6) is 0 Å². The summed E-state index contributed by atoms with van der Waals surface area (Å²) in [4.78, 5) is 26.0. The van der Waals surface area contributed by atoms with Gasteiger partial charge >= 0.3 is 0 Å². The summed E-state index contributed by atoms with van der Waals surface area (Å²) in [7, 11) is 0. The summed E-state index contributed by atoms with van der Waals surface area (Å²) in [6.07, 6.45) is 6.75. The number of aromatic nitrogens is 1. The normalized spacial score (nSPS) is 19.5. The third kappa shape index (κ3) is 3.78. The first kappa shape index (κ1) is 17.7. The van der Waals surface area contributed by atoms with E-state index in [1.165, 1.54) is 18.9 Å². The quantitative estimate of drug-likeness (QED) is 0.805. The first-order chi connectivity index (χ1) is 12.0. The Kier molecular flexibility index (Phi) is 5.25. The van der Waals surface area contributed by atoms with Crippen molar-refractivity contribution in [2.24, 2.45) is 5.92 Å². The van der Waals surface area contributed by atoms with E-state index >= 15 is 0 Å². The predicted molar refractivity (Wildman–Crippen MR) is 94.3 cm³/mol. The molecule has 1 saturated heterocycles. The van der Waals surface area contributed by atoms with Gasteiger partial charge in [-0.3, -0.25) is 9.59 Å². The van der Waals surface area contributed by atoms with Gasteiger partial charge in [0.05, 0.1) is 5.69 Å². The fourth-order valence-electron chi connectivity index (χ4n) is 4.03. The topological polar surface area (TPSA) is 75.4 Å². The minimum atomic E-state index is -0.0912. The average Bonchev–Trinajstić information content (AvgIpc) is 3.18. The van der Waals surface area contributed by atoms with E-state index in [9.17, 15) is 9.59 Å². The Balaban J connectivity index is 1.55. The smallest absolute Gasteiger partial charge is 0.257 e. The molecule has 2 heterocycles. The SMILES string of the molecule is C=CC(=O)N1CC(CC(C)NC(=O)c2c(C3CCCC3)noc2C)C1. The van der Waals surface area contributed by atoms with E-state index in [1.807, 2.05) is 6.92 Å². The summed E-state index contributed by atoms with van der Waals surface area (Å²) in [6, 6.07) is 0.0456. The van der Waals surface area contributed by atoms with Crippen LogP contribution in [0.1, 0.15) is 66.8 Å². The van der Waals surface area contributed by atoms with Crippen molar-refractivity contribution in [1.29, 1.82) is 0 Å². The monoisotopic (exact) mass is 345 g/mol. The molecule has 2 aliphatic rings. The highest BCUT2D eigenvalue weighted by molar-refractivity contribution is 5.96. The van der Waals surface area contributed by atoms with E-state index in [1.54, 1.807) is 11.8 Å². The highest BCUT2D eigenvalue weighted by Crippen LogP contribution is 2.36. The predicted octanol–water partition coefficient (Wildman–Crippen LogP) is 2.79. The molecule has 1 aliphatic heterocycles. The van der Waals surface area contributed by atoms with Gasteiger partial charge in [0.1, 0.15) is 11.3 Å². The van der Waals surface area contributed by atoms with E-state index in [4.69, 9.17) is 4.52 Å². The minimum absolute atomic E-state index is 0.0192. The zero-order chi connectivity index (χ0) is 18.0. The lowest BCUT2D eigenvalue weighted by Gasteiger charge is -2.40. The summed E-state index contributed by atoms with van der Waals surface area (Å²) < 4.78 is 5.31. The van der Waals surface area contributed by atoms with Gasteiger partial charge in [-0.15, -0.1) is 0 Å². The van der Waals surface area contributed by atoms with Gasteiger partial charge in [0, 0.05) is 25.0 Å². The van der Waals surface area contributed by atoms with Crippen LogP contribution in [0.4, 0.5) is 0 Å². The number of carbonyl (C=O) groups excluding carboxylic acids is 2. The maximum absolute atomic E-state index is 12.7. The van der Waals surface area contributed by atoms with Crippen LogP contribution in [0, 0.1) is 12.8 Å². The second-order valence-corrected chi connectivity index (χ2v) is 7.40. The maximum atomic E-state index is 12.7. The summed E-state index contributed by atoms with van der Waals surface area (Å²) in [5, 5.41) is 7.25. The van der Waals surface area contributed by atoms with E-state index in [-0.39, 0.29) is 17.9 Å². The van der Waals surface area contributed by atoms with Gasteiger partial charge in [-0.05, 0) is 45.1 Å². The Hall–Kier alpha value is -2.11. The average molecular weight is 345 g/mol. The molecular formula is C19H27N3O3. The van der Waals surface area contributed by atoms with Gasteiger partial charge in [0.25, 0.3) is 5.91 Å². The van der Waals surface area contributed by atoms with Crippen LogP contribution in [0.15, 0.2) is 17.2 Å². The van der Waals surface area contributed by atoms with Gasteiger partial charge in [-0.2, -0.15) is 0 Å². The zero-order valence-corrected chi connectivity index (χ0v) is 15.1. The van der Waals surface area contributed by atoms with E-state index < -0.39 is 0 Å². The van der Waals surface area contributed by atoms with Crippen molar-refractivity contribution >= 4 is 11.8 Å². The summed E-state index contributed by atoms with van der Waals surface area (Å²) in [5.41, 5.74) is 1.45. The number of hydrogen-bond donors (Lipinski definition) is 1. The lowest BCUT2D eigenvalue weighted by molar-refractivity contribution is -0.132. The number of nitrogens with zero attached hydrogens (tertiary/aromatic N) is 2. The van der Waals surface area contributed by atoms with Crippen LogP contribution in [-0.2, 0) is 4.79 Å². The van der Waals surface area contributed by atoms with Crippen molar-refractivity contribution < 1.29 is 14.1 Å². The molecule has 3 rings (SSSR count). The number of aryl methyl sites for hydroxylation is 1. The van der Waals surface area contributed by atoms with Crippen LogP contribution in [-0.4, -0.2) is 41.0 Å². The summed E-state index contributed by atoms with van der Waals surface area (Å²) in [6.45, 7) is 8.79. The molecule has 6 nitrogen and oxygen atoms in total. The lowest BCUT2D eigenvalue weighted by atomic mass is 9.92. The second-order valence-electron chi connectivity index (χ2n) is 7.40. The van der Waals surface area contributed by atoms with E-state index in [2.05, 4.69) is 17.1 Å². The molecule has 136 valence electrons. The summed E-state index contributed by atoms with van der Waals surface area (Å²) >= 11 is 0. The highest BCUT2D eigenvalue weighted by atomic mass is 16.5. The number of hydrogen-bond acceptors (Lipinski definition) is 4. The number of carbonyl (C=O) groups is 2. The van der Waals surface area contributed by atoms with E-state index in [0.29, 0.717) is 23.2 Å². The van der Waals surface area contributed by atoms with Gasteiger partial charge in [0.15, 0.2) is 0 Å². The molecule has 6 heteroatoms. The van der Waals surface area contributed by atoms with Crippen molar-refractivity contribution in [1.82, 2.24) is 15.4 Å². The fraction of sp³-hybridized carbons (Fsp3) is 0.632. The molecule has 25 heavy (non-hydrogen) atoms. The molecule has 1 saturated carbocycles. The summed E-state index contributed by atoms with van der Waals surface area (Å²) in [5.74, 6) is 1.26. The molecule has 0 spiro atoms. The molecule has 1 unspecified atom stereocenters. The molecule has 2 amide bonds. The van der Waals surface area contributed by atoms with Crippen molar-refractivity contribution in [3.05, 3.63) is 29.7 Å².